The summed E-state index contributed by atoms with van der Waals surface area (Å²) in [5.74, 6) is 0. The fourth-order valence-electron chi connectivity index (χ4n) is 0. The van der Waals surface area contributed by atoms with Gasteiger partial charge in [-0.05, 0) is 0 Å². The Bertz CT molecular complexity index is 7.51. The zero-order chi connectivity index (χ0) is 0. The molecule has 0 N–H and O–H groups in total. The van der Waals surface area contributed by atoms with Crippen molar-refractivity contribution in [3.8, 4) is 0 Å². The van der Waals surface area contributed by atoms with Gasteiger partial charge >= 0.3 is 34.1 Å². The maximum absolute atomic E-state index is 0. The van der Waals surface area contributed by atoms with E-state index in [9.17, 15) is 0 Å². The molecule has 54 valence electrons. The van der Waals surface area contributed by atoms with Crippen molar-refractivity contribution in [3.63, 3.8) is 0 Å². The van der Waals surface area contributed by atoms with Crippen molar-refractivity contribution in [3.05, 3.63) is 0 Å². The Morgan fingerprint density at radius 3 is 0.667 bits per heavy atom. The molecule has 0 heterocycles. The average molecular weight is 361 g/mol. The van der Waals surface area contributed by atoms with Gasteiger partial charge in [0.1, 0.15) is 0 Å². The van der Waals surface area contributed by atoms with Gasteiger partial charge in [-0.3, -0.25) is 0 Å². The number of rotatable bonds is 0. The molecule has 6 heteroatoms. The first kappa shape index (κ1) is 65.6. The first-order valence-corrected chi connectivity index (χ1v) is 0. The van der Waals surface area contributed by atoms with Gasteiger partial charge < -0.3 is 5.48 Å². The molecule has 0 aromatic rings. The summed E-state index contributed by atoms with van der Waals surface area (Å²) in [5.41, 5.74) is 0. The predicted molar refractivity (Wildman–Crippen MR) is 0.686 cm³/mol. The van der Waals surface area contributed by atoms with Gasteiger partial charge in [0.05, 0.1) is 0 Å². The largest absolute Gasteiger partial charge is 2.00 e. The van der Waals surface area contributed by atoms with Crippen molar-refractivity contribution >= 4 is 0 Å². The minimum atomic E-state index is 0. The summed E-state index contributed by atoms with van der Waals surface area (Å²) in [4.78, 5) is 0. The van der Waals surface area contributed by atoms with Gasteiger partial charge in [0.15, 0.2) is 0 Å². The molecule has 0 aliphatic carbocycles. The van der Waals surface area contributed by atoms with Gasteiger partial charge in [-0.2, -0.15) is 0 Å². The first-order valence-electron chi connectivity index (χ1n) is 0. The van der Waals surface area contributed by atoms with Crippen LogP contribution in [-0.4, -0.2) is 0 Å². The van der Waals surface area contributed by atoms with Crippen molar-refractivity contribution in [1.82, 2.24) is 0 Å². The number of hydrogen-bond donors (Lipinski definition) is 0. The van der Waals surface area contributed by atoms with E-state index >= 15 is 0 Å². The third-order valence-corrected chi connectivity index (χ3v) is 0. The van der Waals surface area contributed by atoms with E-state index in [4.69, 9.17) is 0 Å². The van der Waals surface area contributed by atoms with Crippen LogP contribution in [0.1, 0.15) is 0 Å². The van der Waals surface area contributed by atoms with Crippen LogP contribution in [0.3, 0.4) is 0 Å². The second kappa shape index (κ2) is 44.5. The van der Waals surface area contributed by atoms with Crippen LogP contribution < -0.4 is 0 Å². The Hall–Kier alpha value is 2.92. The summed E-state index contributed by atoms with van der Waals surface area (Å²) < 4.78 is 0. The Balaban J connectivity index is 0. The summed E-state index contributed by atoms with van der Waals surface area (Å²) in [6, 6.07) is 0. The average Bonchev–Trinajstić information content (AvgIpc) is 0. The van der Waals surface area contributed by atoms with E-state index < -0.39 is 0 Å². The Kier molecular flexibility index (Phi) is 486. The zero-order valence-corrected chi connectivity index (χ0v) is 8.34. The number of hydrogen-bond acceptors (Lipinski definition) is 0. The van der Waals surface area contributed by atoms with Crippen molar-refractivity contribution < 1.29 is 100.0 Å². The van der Waals surface area contributed by atoms with Gasteiger partial charge in [-0.15, -0.1) is 0 Å². The molecule has 0 saturated heterocycles. The molecule has 0 aromatic carbocycles. The van der Waals surface area contributed by atoms with E-state index in [2.05, 4.69) is 0 Å². The molecular weight excluding hydrogens is 361 g/mol. The molecule has 0 bridgehead atoms. The SMILES string of the molecule is [Cu+].[Cu+].[Cu].[Cu].[O-2].[Zr]. The van der Waals surface area contributed by atoms with E-state index in [0.717, 1.165) is 0 Å². The van der Waals surface area contributed by atoms with Gasteiger partial charge in [0.25, 0.3) is 0 Å². The molecule has 0 saturated carbocycles. The fraction of sp³-hybridized carbons (Fsp3) is 0. The maximum atomic E-state index is 0. The monoisotopic (exact) mass is 358 g/mol. The molecule has 0 aliphatic heterocycles. The smallest absolute Gasteiger partial charge is 1.00 e. The van der Waals surface area contributed by atoms with Gasteiger partial charge in [-0.1, -0.05) is 0 Å². The van der Waals surface area contributed by atoms with Crippen molar-refractivity contribution in [2.24, 2.45) is 0 Å². The molecule has 0 aliphatic rings. The minimum Gasteiger partial charge on any atom is -2.00 e. The Labute approximate surface area is 98.5 Å². The third kappa shape index (κ3) is 28.4. The maximum Gasteiger partial charge on any atom is 1.00 e. The van der Waals surface area contributed by atoms with Crippen molar-refractivity contribution in [2.75, 3.05) is 0 Å². The van der Waals surface area contributed by atoms with Gasteiger partial charge in [-0.25, -0.2) is 0 Å². The molecule has 0 spiro atoms. The topological polar surface area (TPSA) is 28.5 Å². The van der Waals surface area contributed by atoms with Crippen LogP contribution in [-0.2, 0) is 100.0 Å². The van der Waals surface area contributed by atoms with E-state index in [1.165, 1.54) is 0 Å². The molecular formula is Cu4OZr. The molecule has 0 atom stereocenters. The van der Waals surface area contributed by atoms with Crippen LogP contribution in [0.15, 0.2) is 0 Å². The summed E-state index contributed by atoms with van der Waals surface area (Å²) in [6.45, 7) is 0. The Morgan fingerprint density at radius 1 is 0.667 bits per heavy atom. The van der Waals surface area contributed by atoms with Crippen LogP contribution in [0, 0.1) is 0 Å². The van der Waals surface area contributed by atoms with E-state index in [0.29, 0.717) is 0 Å². The van der Waals surface area contributed by atoms with Gasteiger partial charge in [0, 0.05) is 60.3 Å². The summed E-state index contributed by atoms with van der Waals surface area (Å²) in [5, 5.41) is 0. The quantitative estimate of drug-likeness (QED) is 0.538. The summed E-state index contributed by atoms with van der Waals surface area (Å²) in [6.07, 6.45) is 0. The molecule has 0 fully saturated rings. The van der Waals surface area contributed by atoms with Crippen LogP contribution in [0.5, 0.6) is 0 Å². The molecule has 0 rings (SSSR count). The molecule has 6 heavy (non-hydrogen) atoms. The van der Waals surface area contributed by atoms with Crippen molar-refractivity contribution in [1.29, 1.82) is 0 Å². The molecule has 1 nitrogen and oxygen atoms in total. The normalized spacial score (nSPS) is 0. The second-order valence-corrected chi connectivity index (χ2v) is 0. The predicted octanol–water partition coefficient (Wildman–Crippen LogP) is -0.131. The van der Waals surface area contributed by atoms with Crippen LogP contribution in [0.25, 0.3) is 0 Å². The van der Waals surface area contributed by atoms with Crippen LogP contribution in [0.2, 0.25) is 0 Å². The van der Waals surface area contributed by atoms with Gasteiger partial charge in [0.2, 0.25) is 0 Å². The zero-order valence-electron chi connectivity index (χ0n) is 2.11. The molecule has 2 radical (unpaired) electrons. The fourth-order valence-corrected chi connectivity index (χ4v) is 0. The van der Waals surface area contributed by atoms with E-state index in [-0.39, 0.29) is 100.0 Å². The minimum absolute atomic E-state index is 0. The van der Waals surface area contributed by atoms with E-state index in [1.807, 2.05) is 0 Å². The molecule has 0 amide bonds. The second-order valence-electron chi connectivity index (χ2n) is 0. The van der Waals surface area contributed by atoms with Crippen LogP contribution in [0.4, 0.5) is 0 Å². The summed E-state index contributed by atoms with van der Waals surface area (Å²) >= 11 is 0. The standard InChI is InChI=1S/4Cu.O.Zr/q;;2*+1;-2;. The molecule has 0 unspecified atom stereocenters. The third-order valence-electron chi connectivity index (χ3n) is 0. The first-order chi connectivity index (χ1) is 0. The van der Waals surface area contributed by atoms with Crippen molar-refractivity contribution in [2.45, 2.75) is 0 Å². The Morgan fingerprint density at radius 2 is 0.667 bits per heavy atom. The molecule has 0 aromatic heterocycles. The summed E-state index contributed by atoms with van der Waals surface area (Å²) in [7, 11) is 0. The van der Waals surface area contributed by atoms with E-state index in [1.54, 1.807) is 0 Å². The van der Waals surface area contributed by atoms with Crippen LogP contribution >= 0.6 is 0 Å².